The van der Waals surface area contributed by atoms with Gasteiger partial charge < -0.3 is 9.84 Å². The summed E-state index contributed by atoms with van der Waals surface area (Å²) in [6.07, 6.45) is -0.0973. The van der Waals surface area contributed by atoms with E-state index in [9.17, 15) is 4.79 Å². The molecule has 3 heteroatoms. The summed E-state index contributed by atoms with van der Waals surface area (Å²) in [7, 11) is 0. The molecule has 0 aromatic rings. The Morgan fingerprint density at radius 2 is 2.18 bits per heavy atom. The molecule has 0 aliphatic carbocycles. The quantitative estimate of drug-likeness (QED) is 0.580. The Morgan fingerprint density at radius 3 is 2.64 bits per heavy atom. The van der Waals surface area contributed by atoms with Crippen LogP contribution in [-0.4, -0.2) is 23.8 Å². The third-order valence-electron chi connectivity index (χ3n) is 2.00. The minimum absolute atomic E-state index is 0.461. The van der Waals surface area contributed by atoms with Crippen molar-refractivity contribution in [2.45, 2.75) is 26.4 Å². The van der Waals surface area contributed by atoms with Gasteiger partial charge in [0.2, 0.25) is 0 Å². The van der Waals surface area contributed by atoms with Crippen LogP contribution in [0.4, 0.5) is 0 Å². The van der Waals surface area contributed by atoms with E-state index in [1.165, 1.54) is 0 Å². The molecule has 1 N–H and O–H groups in total. The Labute approximate surface area is 65.7 Å². The van der Waals surface area contributed by atoms with Gasteiger partial charge in [0.25, 0.3) is 0 Å². The second-order valence-corrected chi connectivity index (χ2v) is 2.90. The van der Waals surface area contributed by atoms with Gasteiger partial charge in [-0.1, -0.05) is 5.57 Å². The first kappa shape index (κ1) is 8.27. The van der Waals surface area contributed by atoms with Gasteiger partial charge in [-0.3, -0.25) is 0 Å². The molecule has 0 spiro atoms. The van der Waals surface area contributed by atoms with Crippen LogP contribution in [0.15, 0.2) is 11.1 Å². The molecule has 0 bridgehead atoms. The van der Waals surface area contributed by atoms with Crippen molar-refractivity contribution < 1.29 is 14.6 Å². The molecule has 0 aromatic carbocycles. The lowest BCUT2D eigenvalue weighted by Gasteiger charge is -2.21. The van der Waals surface area contributed by atoms with Crippen LogP contribution >= 0.6 is 0 Å². The predicted octanol–water partition coefficient (Wildman–Crippen LogP) is 1.20. The summed E-state index contributed by atoms with van der Waals surface area (Å²) >= 11 is 0. The van der Waals surface area contributed by atoms with E-state index in [1.807, 2.05) is 13.8 Å². The molecule has 1 rings (SSSR count). The third-order valence-corrected chi connectivity index (χ3v) is 2.00. The number of hydrogen-bond acceptors (Lipinski definition) is 2. The van der Waals surface area contributed by atoms with Gasteiger partial charge in [0.1, 0.15) is 0 Å². The highest BCUT2D eigenvalue weighted by Gasteiger charge is 2.22. The zero-order valence-corrected chi connectivity index (χ0v) is 6.76. The van der Waals surface area contributed by atoms with E-state index in [4.69, 9.17) is 9.84 Å². The van der Waals surface area contributed by atoms with Gasteiger partial charge in [-0.25, -0.2) is 4.79 Å². The summed E-state index contributed by atoms with van der Waals surface area (Å²) in [5.74, 6) is -0.864. The second-order valence-electron chi connectivity index (χ2n) is 2.90. The van der Waals surface area contributed by atoms with E-state index >= 15 is 0 Å². The summed E-state index contributed by atoms with van der Waals surface area (Å²) in [5, 5.41) is 8.59. The molecular weight excluding hydrogens is 144 g/mol. The van der Waals surface area contributed by atoms with E-state index in [0.29, 0.717) is 13.0 Å². The normalized spacial score (nSPS) is 25.5. The molecule has 1 atom stereocenters. The molecule has 0 fully saturated rings. The van der Waals surface area contributed by atoms with Crippen molar-refractivity contribution in [3.8, 4) is 0 Å². The molecule has 1 aliphatic rings. The zero-order chi connectivity index (χ0) is 8.43. The summed E-state index contributed by atoms with van der Waals surface area (Å²) in [6.45, 7) is 4.38. The van der Waals surface area contributed by atoms with Crippen LogP contribution in [0.3, 0.4) is 0 Å². The van der Waals surface area contributed by atoms with Gasteiger partial charge in [-0.05, 0) is 19.4 Å². The van der Waals surface area contributed by atoms with Gasteiger partial charge in [0, 0.05) is 6.42 Å². The van der Waals surface area contributed by atoms with Crippen molar-refractivity contribution in [3.05, 3.63) is 11.1 Å². The number of ether oxygens (including phenoxy) is 1. The van der Waals surface area contributed by atoms with E-state index in [0.717, 1.165) is 11.1 Å². The lowest BCUT2D eigenvalue weighted by Crippen LogP contribution is -2.28. The summed E-state index contributed by atoms with van der Waals surface area (Å²) in [5.41, 5.74) is 2.30. The first-order valence-electron chi connectivity index (χ1n) is 3.61. The van der Waals surface area contributed by atoms with Crippen LogP contribution in [0.1, 0.15) is 20.3 Å². The number of carboxylic acid groups (broad SMARTS) is 1. The number of aliphatic carboxylic acids is 1. The van der Waals surface area contributed by atoms with E-state index in [1.54, 1.807) is 0 Å². The minimum Gasteiger partial charge on any atom is -0.479 e. The Morgan fingerprint density at radius 1 is 1.55 bits per heavy atom. The third kappa shape index (κ3) is 1.80. The molecule has 3 nitrogen and oxygen atoms in total. The van der Waals surface area contributed by atoms with Crippen LogP contribution < -0.4 is 0 Å². The SMILES string of the molecule is CC1=C(C)CC(C(=O)O)OC1. The van der Waals surface area contributed by atoms with Crippen LogP contribution in [-0.2, 0) is 9.53 Å². The molecule has 1 unspecified atom stereocenters. The van der Waals surface area contributed by atoms with E-state index in [-0.39, 0.29) is 0 Å². The van der Waals surface area contributed by atoms with Crippen molar-refractivity contribution in [1.82, 2.24) is 0 Å². The van der Waals surface area contributed by atoms with Crippen molar-refractivity contribution in [1.29, 1.82) is 0 Å². The molecule has 0 radical (unpaired) electrons. The van der Waals surface area contributed by atoms with Gasteiger partial charge in [-0.2, -0.15) is 0 Å². The average Bonchev–Trinajstić information content (AvgIpc) is 1.94. The van der Waals surface area contributed by atoms with Crippen molar-refractivity contribution in [3.63, 3.8) is 0 Å². The van der Waals surface area contributed by atoms with Gasteiger partial charge in [-0.15, -0.1) is 0 Å². The molecule has 0 saturated heterocycles. The molecule has 0 aromatic heterocycles. The summed E-state index contributed by atoms with van der Waals surface area (Å²) in [4.78, 5) is 10.5. The van der Waals surface area contributed by atoms with Crippen LogP contribution in [0.5, 0.6) is 0 Å². The van der Waals surface area contributed by atoms with Gasteiger partial charge in [0.15, 0.2) is 6.10 Å². The zero-order valence-electron chi connectivity index (χ0n) is 6.76. The van der Waals surface area contributed by atoms with E-state index in [2.05, 4.69) is 0 Å². The predicted molar refractivity (Wildman–Crippen MR) is 40.4 cm³/mol. The fourth-order valence-corrected chi connectivity index (χ4v) is 1.02. The number of carboxylic acids is 1. The van der Waals surface area contributed by atoms with Crippen molar-refractivity contribution >= 4 is 5.97 Å². The average molecular weight is 156 g/mol. The molecule has 1 heterocycles. The lowest BCUT2D eigenvalue weighted by atomic mass is 10.0. The monoisotopic (exact) mass is 156 g/mol. The maximum Gasteiger partial charge on any atom is 0.333 e. The number of hydrogen-bond donors (Lipinski definition) is 1. The second kappa shape index (κ2) is 3.05. The van der Waals surface area contributed by atoms with Gasteiger partial charge in [0.05, 0.1) is 6.61 Å². The molecule has 62 valence electrons. The van der Waals surface area contributed by atoms with Gasteiger partial charge >= 0.3 is 5.97 Å². The lowest BCUT2D eigenvalue weighted by molar-refractivity contribution is -0.150. The smallest absolute Gasteiger partial charge is 0.333 e. The van der Waals surface area contributed by atoms with Crippen LogP contribution in [0, 0.1) is 0 Å². The first-order valence-corrected chi connectivity index (χ1v) is 3.61. The number of rotatable bonds is 1. The van der Waals surface area contributed by atoms with E-state index < -0.39 is 12.1 Å². The summed E-state index contributed by atoms with van der Waals surface area (Å²) < 4.78 is 5.06. The molecule has 0 amide bonds. The van der Waals surface area contributed by atoms with Crippen molar-refractivity contribution in [2.24, 2.45) is 0 Å². The molecular formula is C8H12O3. The molecule has 1 aliphatic heterocycles. The topological polar surface area (TPSA) is 46.5 Å². The highest BCUT2D eigenvalue weighted by molar-refractivity contribution is 5.73. The maximum atomic E-state index is 10.5. The maximum absolute atomic E-state index is 10.5. The Balaban J connectivity index is 2.64. The minimum atomic E-state index is -0.864. The summed E-state index contributed by atoms with van der Waals surface area (Å²) in [6, 6.07) is 0. The fraction of sp³-hybridized carbons (Fsp3) is 0.625. The highest BCUT2D eigenvalue weighted by Crippen LogP contribution is 2.19. The number of carbonyl (C=O) groups is 1. The Hall–Kier alpha value is -0.830. The molecule has 11 heavy (non-hydrogen) atoms. The highest BCUT2D eigenvalue weighted by atomic mass is 16.5. The van der Waals surface area contributed by atoms with Crippen molar-refractivity contribution in [2.75, 3.05) is 6.61 Å². The fourth-order valence-electron chi connectivity index (χ4n) is 1.02. The molecule has 0 saturated carbocycles. The standard InChI is InChI=1S/C8H12O3/c1-5-3-7(8(9)10)11-4-6(5)2/h7H,3-4H2,1-2H3,(H,9,10). The van der Waals surface area contributed by atoms with Crippen LogP contribution in [0.2, 0.25) is 0 Å². The first-order chi connectivity index (χ1) is 5.11. The Bertz CT molecular complexity index is 205. The Kier molecular flexibility index (Phi) is 2.29. The van der Waals surface area contributed by atoms with Crippen LogP contribution in [0.25, 0.3) is 0 Å². The largest absolute Gasteiger partial charge is 0.479 e.